The van der Waals surface area contributed by atoms with Crippen molar-refractivity contribution in [1.29, 1.82) is 0 Å². The van der Waals surface area contributed by atoms with Gasteiger partial charge in [0.15, 0.2) is 0 Å². The van der Waals surface area contributed by atoms with Crippen LogP contribution >= 0.6 is 0 Å². The van der Waals surface area contributed by atoms with Crippen LogP contribution in [-0.2, 0) is 21.2 Å². The minimum absolute atomic E-state index is 0.134. The summed E-state index contributed by atoms with van der Waals surface area (Å²) in [5, 5.41) is 0. The molecular weight excluding hydrogens is 328 g/mol. The van der Waals surface area contributed by atoms with Gasteiger partial charge in [-0.25, -0.2) is 0 Å². The van der Waals surface area contributed by atoms with E-state index in [1.807, 2.05) is 0 Å². The number of hydrogen-bond donors (Lipinski definition) is 0. The zero-order chi connectivity index (χ0) is 20.7. The highest BCUT2D eigenvalue weighted by molar-refractivity contribution is 5.34. The molecule has 0 aliphatic carbocycles. The van der Waals surface area contributed by atoms with Gasteiger partial charge < -0.3 is 4.74 Å². The third-order valence-corrected chi connectivity index (χ3v) is 6.23. The molecule has 0 aromatic heterocycles. The Hall–Kier alpha value is -1.60. The molecule has 0 radical (unpaired) electrons. The van der Waals surface area contributed by atoms with Crippen LogP contribution in [0.2, 0.25) is 0 Å². The van der Waals surface area contributed by atoms with E-state index in [2.05, 4.69) is 118 Å². The number of hydrogen-bond acceptors (Lipinski definition) is 1. The van der Waals surface area contributed by atoms with Crippen LogP contribution in [0.25, 0.3) is 0 Å². The Morgan fingerprint density at radius 1 is 0.556 bits per heavy atom. The summed E-state index contributed by atoms with van der Waals surface area (Å²) in [5.41, 5.74) is 4.48. The fourth-order valence-corrected chi connectivity index (χ4v) is 3.51. The number of rotatable bonds is 5. The number of aryl methyl sites for hydroxylation is 1. The quantitative estimate of drug-likeness (QED) is 0.539. The van der Waals surface area contributed by atoms with Crippen LogP contribution in [0.1, 0.15) is 84.6 Å². The van der Waals surface area contributed by atoms with E-state index < -0.39 is 0 Å². The van der Waals surface area contributed by atoms with Crippen molar-refractivity contribution in [1.82, 2.24) is 0 Å². The maximum Gasteiger partial charge on any atom is 0.0882 e. The zero-order valence-electron chi connectivity index (χ0n) is 19.0. The minimum Gasteiger partial charge on any atom is -0.364 e. The summed E-state index contributed by atoms with van der Waals surface area (Å²) >= 11 is 0. The normalized spacial score (nSPS) is 13.7. The monoisotopic (exact) mass is 366 g/mol. The van der Waals surface area contributed by atoms with Crippen molar-refractivity contribution in [3.05, 3.63) is 70.8 Å². The summed E-state index contributed by atoms with van der Waals surface area (Å²) < 4.78 is 6.77. The van der Waals surface area contributed by atoms with Gasteiger partial charge in [-0.1, -0.05) is 88.7 Å². The highest BCUT2D eigenvalue weighted by Crippen LogP contribution is 2.42. The molecule has 0 amide bonds. The molecule has 2 aromatic carbocycles. The third-order valence-electron chi connectivity index (χ3n) is 6.23. The first-order valence-corrected chi connectivity index (χ1v) is 10.1. The molecule has 0 fully saturated rings. The average molecular weight is 367 g/mol. The van der Waals surface area contributed by atoms with Crippen molar-refractivity contribution < 1.29 is 4.74 Å². The highest BCUT2D eigenvalue weighted by atomic mass is 16.5. The molecule has 1 heteroatoms. The Labute approximate surface area is 167 Å². The van der Waals surface area contributed by atoms with Gasteiger partial charge in [-0.15, -0.1) is 0 Å². The van der Waals surface area contributed by atoms with Crippen LogP contribution in [0, 0.1) is 6.92 Å². The fraction of sp³-hybridized carbons (Fsp3) is 0.538. The van der Waals surface area contributed by atoms with Crippen molar-refractivity contribution in [3.8, 4) is 0 Å². The molecule has 0 N–H and O–H groups in total. The molecule has 0 saturated carbocycles. The van der Waals surface area contributed by atoms with Gasteiger partial charge in [-0.05, 0) is 56.7 Å². The smallest absolute Gasteiger partial charge is 0.0882 e. The molecule has 27 heavy (non-hydrogen) atoms. The Bertz CT molecular complexity index is 753. The molecule has 2 rings (SSSR count). The van der Waals surface area contributed by atoms with Crippen molar-refractivity contribution >= 4 is 0 Å². The van der Waals surface area contributed by atoms with Crippen LogP contribution < -0.4 is 0 Å². The summed E-state index contributed by atoms with van der Waals surface area (Å²) in [6.07, 6.45) is 0. The summed E-state index contributed by atoms with van der Waals surface area (Å²) in [5.74, 6) is 0. The first-order chi connectivity index (χ1) is 12.2. The van der Waals surface area contributed by atoms with Crippen molar-refractivity contribution in [2.24, 2.45) is 0 Å². The van der Waals surface area contributed by atoms with Gasteiger partial charge in [-0.3, -0.25) is 0 Å². The second-order valence-electron chi connectivity index (χ2n) is 10.4. The molecule has 0 spiro atoms. The Kier molecular flexibility index (Phi) is 5.70. The molecule has 148 valence electrons. The first kappa shape index (κ1) is 21.7. The second kappa shape index (κ2) is 7.09. The van der Waals surface area contributed by atoms with E-state index in [4.69, 9.17) is 4.74 Å². The molecule has 0 unspecified atom stereocenters. The van der Waals surface area contributed by atoms with Crippen LogP contribution in [0.4, 0.5) is 0 Å². The van der Waals surface area contributed by atoms with E-state index in [0.29, 0.717) is 0 Å². The molecule has 0 aliphatic rings. The van der Waals surface area contributed by atoms with Crippen molar-refractivity contribution in [2.75, 3.05) is 0 Å². The van der Waals surface area contributed by atoms with Crippen LogP contribution in [0.5, 0.6) is 0 Å². The lowest BCUT2D eigenvalue weighted by Gasteiger charge is -2.47. The lowest BCUT2D eigenvalue weighted by molar-refractivity contribution is -0.158. The van der Waals surface area contributed by atoms with Crippen LogP contribution in [0.3, 0.4) is 0 Å². The van der Waals surface area contributed by atoms with Gasteiger partial charge in [-0.2, -0.15) is 0 Å². The lowest BCUT2D eigenvalue weighted by atomic mass is 9.70. The standard InChI is InChI=1S/C26H38O/c1-19-11-13-22(14-12-19)25(7,8)27-26(9,10)24(5,6)21-17-15-20(16-18-21)23(2,3)4/h11-18H,1-10H3. The summed E-state index contributed by atoms with van der Waals surface area (Å²) in [6, 6.07) is 17.7. The average Bonchev–Trinajstić information content (AvgIpc) is 2.53. The fourth-order valence-electron chi connectivity index (χ4n) is 3.51. The highest BCUT2D eigenvalue weighted by Gasteiger charge is 2.43. The maximum absolute atomic E-state index is 6.77. The van der Waals surface area contributed by atoms with E-state index in [1.165, 1.54) is 22.3 Å². The minimum atomic E-state index is -0.361. The molecule has 0 bridgehead atoms. The van der Waals surface area contributed by atoms with Gasteiger partial charge in [0.2, 0.25) is 0 Å². The Balaban J connectivity index is 2.31. The SMILES string of the molecule is Cc1ccc(C(C)(C)OC(C)(C)C(C)(C)c2ccc(C(C)(C)C)cc2)cc1. The van der Waals surface area contributed by atoms with Gasteiger partial charge in [0.25, 0.3) is 0 Å². The largest absolute Gasteiger partial charge is 0.364 e. The van der Waals surface area contributed by atoms with Crippen molar-refractivity contribution in [3.63, 3.8) is 0 Å². The predicted octanol–water partition coefficient (Wildman–Crippen LogP) is 7.30. The Morgan fingerprint density at radius 2 is 0.963 bits per heavy atom. The third kappa shape index (κ3) is 4.63. The maximum atomic E-state index is 6.77. The summed E-state index contributed by atoms with van der Waals surface area (Å²) in [7, 11) is 0. The molecule has 0 saturated heterocycles. The van der Waals surface area contributed by atoms with Gasteiger partial charge >= 0.3 is 0 Å². The van der Waals surface area contributed by atoms with E-state index in [1.54, 1.807) is 0 Å². The molecule has 2 aromatic rings. The van der Waals surface area contributed by atoms with E-state index in [9.17, 15) is 0 Å². The molecule has 0 heterocycles. The Morgan fingerprint density at radius 3 is 1.41 bits per heavy atom. The summed E-state index contributed by atoms with van der Waals surface area (Å²) in [6.45, 7) is 22.2. The van der Waals surface area contributed by atoms with Crippen molar-refractivity contribution in [2.45, 2.75) is 91.3 Å². The van der Waals surface area contributed by atoms with Gasteiger partial charge in [0.1, 0.15) is 0 Å². The number of ether oxygens (including phenoxy) is 1. The van der Waals surface area contributed by atoms with E-state index in [0.717, 1.165) is 0 Å². The second-order valence-corrected chi connectivity index (χ2v) is 10.4. The number of benzene rings is 2. The van der Waals surface area contributed by atoms with E-state index in [-0.39, 0.29) is 22.0 Å². The predicted molar refractivity (Wildman–Crippen MR) is 118 cm³/mol. The topological polar surface area (TPSA) is 9.23 Å². The zero-order valence-corrected chi connectivity index (χ0v) is 19.0. The van der Waals surface area contributed by atoms with E-state index >= 15 is 0 Å². The van der Waals surface area contributed by atoms with Crippen LogP contribution in [-0.4, -0.2) is 5.60 Å². The molecular formula is C26H38O. The molecule has 1 nitrogen and oxygen atoms in total. The lowest BCUT2D eigenvalue weighted by Crippen LogP contribution is -2.49. The van der Waals surface area contributed by atoms with Gasteiger partial charge in [0, 0.05) is 5.41 Å². The van der Waals surface area contributed by atoms with Crippen LogP contribution in [0.15, 0.2) is 48.5 Å². The summed E-state index contributed by atoms with van der Waals surface area (Å²) in [4.78, 5) is 0. The molecule has 0 atom stereocenters. The van der Waals surface area contributed by atoms with Gasteiger partial charge in [0.05, 0.1) is 11.2 Å². The first-order valence-electron chi connectivity index (χ1n) is 10.1. The molecule has 0 aliphatic heterocycles.